The van der Waals surface area contributed by atoms with Crippen molar-refractivity contribution in [3.63, 3.8) is 0 Å². The Morgan fingerprint density at radius 3 is 2.65 bits per heavy atom. The van der Waals surface area contributed by atoms with Gasteiger partial charge in [0.2, 0.25) is 0 Å². The Kier molecular flexibility index (Phi) is 2.05. The molecule has 0 aliphatic heterocycles. The first-order valence-electron chi connectivity index (χ1n) is 6.87. The van der Waals surface area contributed by atoms with E-state index in [4.69, 9.17) is 0 Å². The van der Waals surface area contributed by atoms with E-state index in [1.807, 2.05) is 0 Å². The van der Waals surface area contributed by atoms with E-state index in [0.717, 1.165) is 17.8 Å². The van der Waals surface area contributed by atoms with Crippen molar-refractivity contribution in [1.82, 2.24) is 0 Å². The molecule has 17 heavy (non-hydrogen) atoms. The highest BCUT2D eigenvalue weighted by atomic mass is 14.5. The summed E-state index contributed by atoms with van der Waals surface area (Å²) in [5, 5.41) is 0. The molecule has 0 heterocycles. The van der Waals surface area contributed by atoms with Crippen molar-refractivity contribution in [3.8, 4) is 0 Å². The molecule has 0 nitrogen and oxygen atoms in total. The molecule has 3 unspecified atom stereocenters. The van der Waals surface area contributed by atoms with Crippen LogP contribution in [-0.4, -0.2) is 0 Å². The van der Waals surface area contributed by atoms with Gasteiger partial charge in [-0.1, -0.05) is 48.1 Å². The highest BCUT2D eigenvalue weighted by molar-refractivity contribution is 5.42. The summed E-state index contributed by atoms with van der Waals surface area (Å²) < 4.78 is 0. The number of benzene rings is 1. The molecule has 0 saturated heterocycles. The second-order valence-electron chi connectivity index (χ2n) is 5.73. The van der Waals surface area contributed by atoms with Crippen LogP contribution in [0.2, 0.25) is 0 Å². The minimum absolute atomic E-state index is 0.820. The van der Waals surface area contributed by atoms with Crippen LogP contribution in [0.4, 0.5) is 0 Å². The topological polar surface area (TPSA) is 0 Å². The summed E-state index contributed by atoms with van der Waals surface area (Å²) in [6.45, 7) is 0. The molecule has 3 atom stereocenters. The van der Waals surface area contributed by atoms with Gasteiger partial charge in [-0.3, -0.25) is 0 Å². The molecule has 0 bridgehead atoms. The maximum absolute atomic E-state index is 2.38. The van der Waals surface area contributed by atoms with Gasteiger partial charge in [0.1, 0.15) is 0 Å². The zero-order valence-electron chi connectivity index (χ0n) is 10.1. The van der Waals surface area contributed by atoms with Crippen LogP contribution in [0, 0.1) is 11.8 Å². The third kappa shape index (κ3) is 1.36. The average Bonchev–Trinajstić information content (AvgIpc) is 3.00. The van der Waals surface area contributed by atoms with E-state index in [1.165, 1.54) is 25.7 Å². The molecular formula is C17H18. The van der Waals surface area contributed by atoms with Crippen molar-refractivity contribution in [2.75, 3.05) is 0 Å². The fourth-order valence-electron chi connectivity index (χ4n) is 4.31. The van der Waals surface area contributed by atoms with Crippen molar-refractivity contribution >= 4 is 0 Å². The van der Waals surface area contributed by atoms with E-state index in [1.54, 1.807) is 16.7 Å². The molecule has 0 N–H and O–H groups in total. The van der Waals surface area contributed by atoms with Crippen LogP contribution in [0.1, 0.15) is 37.2 Å². The molecule has 0 heteroatoms. The predicted octanol–water partition coefficient (Wildman–Crippen LogP) is 4.46. The molecule has 3 aliphatic carbocycles. The highest BCUT2D eigenvalue weighted by Crippen LogP contribution is 2.56. The summed E-state index contributed by atoms with van der Waals surface area (Å²) >= 11 is 0. The van der Waals surface area contributed by atoms with Crippen LogP contribution in [-0.2, 0) is 0 Å². The molecule has 0 spiro atoms. The molecule has 0 aromatic heterocycles. The monoisotopic (exact) mass is 222 g/mol. The van der Waals surface area contributed by atoms with Crippen LogP contribution in [0.25, 0.3) is 0 Å². The Labute approximate surface area is 103 Å². The fourth-order valence-corrected chi connectivity index (χ4v) is 4.31. The van der Waals surface area contributed by atoms with Gasteiger partial charge in [-0.05, 0) is 54.6 Å². The molecule has 1 aromatic carbocycles. The molecule has 1 aromatic rings. The van der Waals surface area contributed by atoms with E-state index < -0.39 is 0 Å². The Morgan fingerprint density at radius 2 is 1.76 bits per heavy atom. The zero-order valence-corrected chi connectivity index (χ0v) is 10.1. The molecule has 4 rings (SSSR count). The summed E-state index contributed by atoms with van der Waals surface area (Å²) in [7, 11) is 0. The Bertz CT molecular complexity index is 492. The minimum atomic E-state index is 0.820. The summed E-state index contributed by atoms with van der Waals surface area (Å²) in [5.74, 6) is 2.64. The van der Waals surface area contributed by atoms with Crippen LogP contribution in [0.15, 0.2) is 53.6 Å². The van der Waals surface area contributed by atoms with Crippen molar-refractivity contribution in [3.05, 3.63) is 59.2 Å². The minimum Gasteiger partial charge on any atom is -0.0802 e. The standard InChI is InChI=1S/C17H18/c1-2-5-12(6-3-1)15-9-10-16-14-8-4-7-13(14)11-17(15)16/h1-7,15-17H,8-11H2. The summed E-state index contributed by atoms with van der Waals surface area (Å²) in [6.07, 6.45) is 10.2. The van der Waals surface area contributed by atoms with Crippen molar-refractivity contribution < 1.29 is 0 Å². The lowest BCUT2D eigenvalue weighted by Gasteiger charge is -2.20. The first-order chi connectivity index (χ1) is 8.43. The van der Waals surface area contributed by atoms with Gasteiger partial charge in [-0.2, -0.15) is 0 Å². The Balaban J connectivity index is 1.65. The lowest BCUT2D eigenvalue weighted by molar-refractivity contribution is 0.432. The van der Waals surface area contributed by atoms with Crippen LogP contribution in [0.3, 0.4) is 0 Å². The number of allylic oxidation sites excluding steroid dienone is 4. The molecule has 86 valence electrons. The average molecular weight is 222 g/mol. The first kappa shape index (κ1) is 9.70. The van der Waals surface area contributed by atoms with E-state index in [2.05, 4.69) is 42.5 Å². The van der Waals surface area contributed by atoms with Gasteiger partial charge in [0.15, 0.2) is 0 Å². The number of hydrogen-bond donors (Lipinski definition) is 0. The number of hydrogen-bond acceptors (Lipinski definition) is 0. The highest BCUT2D eigenvalue weighted by Gasteiger charge is 2.43. The normalized spacial score (nSPS) is 34.2. The quantitative estimate of drug-likeness (QED) is 0.658. The SMILES string of the molecule is C1=CC2=C(C1)C1CCC(c3ccccc3)C1C2. The second kappa shape index (κ2) is 3.60. The molecular weight excluding hydrogens is 204 g/mol. The van der Waals surface area contributed by atoms with Gasteiger partial charge in [-0.25, -0.2) is 0 Å². The second-order valence-corrected chi connectivity index (χ2v) is 5.73. The number of fused-ring (bicyclic) bond motifs is 2. The maximum Gasteiger partial charge on any atom is -0.0124 e. The maximum atomic E-state index is 2.38. The summed E-state index contributed by atoms with van der Waals surface area (Å²) in [5.41, 5.74) is 5.04. The molecule has 0 amide bonds. The van der Waals surface area contributed by atoms with Gasteiger partial charge in [0.05, 0.1) is 0 Å². The summed E-state index contributed by atoms with van der Waals surface area (Å²) in [4.78, 5) is 0. The van der Waals surface area contributed by atoms with Crippen molar-refractivity contribution in [1.29, 1.82) is 0 Å². The van der Waals surface area contributed by atoms with Gasteiger partial charge in [0, 0.05) is 0 Å². The van der Waals surface area contributed by atoms with E-state index in [-0.39, 0.29) is 0 Å². The zero-order chi connectivity index (χ0) is 11.2. The molecule has 0 radical (unpaired) electrons. The molecule has 1 fully saturated rings. The van der Waals surface area contributed by atoms with Gasteiger partial charge >= 0.3 is 0 Å². The summed E-state index contributed by atoms with van der Waals surface area (Å²) in [6, 6.07) is 11.2. The molecule has 3 aliphatic rings. The fraction of sp³-hybridized carbons (Fsp3) is 0.412. The Morgan fingerprint density at radius 1 is 0.941 bits per heavy atom. The lowest BCUT2D eigenvalue weighted by atomic mass is 9.84. The van der Waals surface area contributed by atoms with E-state index >= 15 is 0 Å². The largest absolute Gasteiger partial charge is 0.0802 e. The molecule has 1 saturated carbocycles. The van der Waals surface area contributed by atoms with Gasteiger partial charge in [0.25, 0.3) is 0 Å². The predicted molar refractivity (Wildman–Crippen MR) is 70.8 cm³/mol. The van der Waals surface area contributed by atoms with E-state index in [9.17, 15) is 0 Å². The van der Waals surface area contributed by atoms with Gasteiger partial charge < -0.3 is 0 Å². The third-order valence-corrected chi connectivity index (χ3v) is 5.02. The van der Waals surface area contributed by atoms with Gasteiger partial charge in [-0.15, -0.1) is 0 Å². The van der Waals surface area contributed by atoms with E-state index in [0.29, 0.717) is 0 Å². The van der Waals surface area contributed by atoms with Crippen molar-refractivity contribution in [2.24, 2.45) is 11.8 Å². The smallest absolute Gasteiger partial charge is 0.0124 e. The van der Waals surface area contributed by atoms with Crippen LogP contribution >= 0.6 is 0 Å². The number of rotatable bonds is 1. The Hall–Kier alpha value is -1.30. The lowest BCUT2D eigenvalue weighted by Crippen LogP contribution is -2.10. The third-order valence-electron chi connectivity index (χ3n) is 5.02. The van der Waals surface area contributed by atoms with Crippen LogP contribution < -0.4 is 0 Å². The van der Waals surface area contributed by atoms with Crippen molar-refractivity contribution in [2.45, 2.75) is 31.6 Å². The van der Waals surface area contributed by atoms with Crippen LogP contribution in [0.5, 0.6) is 0 Å². The first-order valence-corrected chi connectivity index (χ1v) is 6.87.